The van der Waals surface area contributed by atoms with Gasteiger partial charge in [-0.3, -0.25) is 17.9 Å². The average molecular weight is 491 g/mol. The smallest absolute Gasteiger partial charge is 0.220 e. The van der Waals surface area contributed by atoms with E-state index in [4.69, 9.17) is 9.97 Å². The normalized spacial score (nSPS) is 13.5. The maximum atomic E-state index is 5.10. The van der Waals surface area contributed by atoms with Crippen LogP contribution in [-0.2, 0) is 6.42 Å². The summed E-state index contributed by atoms with van der Waals surface area (Å²) in [6.07, 6.45) is 6.43. The Morgan fingerprint density at radius 2 is 1.16 bits per heavy atom. The van der Waals surface area contributed by atoms with Gasteiger partial charge in [-0.2, -0.15) is 0 Å². The number of rotatable bonds is 2. The molecule has 0 fully saturated rings. The summed E-state index contributed by atoms with van der Waals surface area (Å²) in [4.78, 5) is 10.2. The molecule has 1 aliphatic carbocycles. The minimum absolute atomic E-state index is 0.911. The number of hydrogen-bond donors (Lipinski definition) is 0. The van der Waals surface area contributed by atoms with Gasteiger partial charge in [0.2, 0.25) is 11.6 Å². The van der Waals surface area contributed by atoms with Crippen LogP contribution in [0.5, 0.6) is 0 Å². The summed E-state index contributed by atoms with van der Waals surface area (Å²) >= 11 is 0. The van der Waals surface area contributed by atoms with Crippen molar-refractivity contribution in [1.82, 2.24) is 27.9 Å². The molecule has 38 heavy (non-hydrogen) atoms. The zero-order chi connectivity index (χ0) is 24.8. The number of nitrogens with zero attached hydrogens (tertiary/aromatic N) is 6. The van der Waals surface area contributed by atoms with Crippen LogP contribution in [0.3, 0.4) is 0 Å². The highest BCUT2D eigenvalue weighted by atomic mass is 15.2. The van der Waals surface area contributed by atoms with Crippen molar-refractivity contribution in [3.63, 3.8) is 0 Å². The predicted octanol–water partition coefficient (Wildman–Crippen LogP) is 6.98. The van der Waals surface area contributed by atoms with Crippen molar-refractivity contribution in [1.29, 1.82) is 0 Å². The highest BCUT2D eigenvalue weighted by molar-refractivity contribution is 5.92. The van der Waals surface area contributed by atoms with Gasteiger partial charge in [-0.25, -0.2) is 9.97 Å². The number of fused-ring (bicyclic) bond motifs is 10. The molecule has 4 heterocycles. The van der Waals surface area contributed by atoms with Crippen LogP contribution in [0, 0.1) is 0 Å². The molecule has 0 aliphatic heterocycles. The molecule has 0 saturated heterocycles. The largest absolute Gasteiger partial charge is 0.280 e. The number of benzene rings is 4. The van der Waals surface area contributed by atoms with Gasteiger partial charge >= 0.3 is 0 Å². The molecule has 0 N–H and O–H groups in total. The molecule has 0 bridgehead atoms. The highest BCUT2D eigenvalue weighted by Gasteiger charge is 2.22. The Morgan fingerprint density at radius 3 is 1.89 bits per heavy atom. The average Bonchev–Trinajstić information content (AvgIpc) is 3.69. The second kappa shape index (κ2) is 7.23. The van der Waals surface area contributed by atoms with Crippen LogP contribution in [0.1, 0.15) is 17.8 Å². The molecule has 4 aromatic heterocycles. The Balaban J connectivity index is 1.36. The number of aryl methyl sites for hydroxylation is 1. The van der Waals surface area contributed by atoms with Gasteiger partial charge in [0.15, 0.2) is 0 Å². The van der Waals surface area contributed by atoms with Crippen molar-refractivity contribution in [2.45, 2.75) is 12.8 Å². The van der Waals surface area contributed by atoms with E-state index in [9.17, 15) is 0 Å². The molecular weight excluding hydrogens is 468 g/mol. The lowest BCUT2D eigenvalue weighted by Gasteiger charge is -2.10. The van der Waals surface area contributed by atoms with E-state index in [0.29, 0.717) is 0 Å². The van der Waals surface area contributed by atoms with Crippen LogP contribution in [0.2, 0.25) is 0 Å². The summed E-state index contributed by atoms with van der Waals surface area (Å²) in [6, 6.07) is 34.2. The van der Waals surface area contributed by atoms with Gasteiger partial charge in [-0.1, -0.05) is 48.5 Å². The van der Waals surface area contributed by atoms with E-state index >= 15 is 0 Å². The molecule has 0 spiro atoms. The fraction of sp³-hybridized carbons (Fsp3) is 0.0625. The molecule has 8 aromatic rings. The standard InChI is InChI=1S/C32H22N6/c1-3-14-25-23(12-1)33-31-35(27-16-5-7-18-29(27)37(25)31)21-10-9-11-22(20-21)36-28-17-6-8-19-30(28)38-26-15-4-2-13-24(26)34-32(36)38/h1-3,5-14,16-20H,4,15H2. The Morgan fingerprint density at radius 1 is 0.553 bits per heavy atom. The highest BCUT2D eigenvalue weighted by Crippen LogP contribution is 2.33. The minimum Gasteiger partial charge on any atom is -0.280 e. The molecule has 180 valence electrons. The molecule has 4 aromatic carbocycles. The van der Waals surface area contributed by atoms with Crippen molar-refractivity contribution in [3.05, 3.63) is 115 Å². The SMILES string of the molecule is C1=Cc2nc3n(-c4cccc(-n5c6ccccc6n6c7ccccc7nc56)c4)c4ccccc4n3c2CC1. The quantitative estimate of drug-likeness (QED) is 0.262. The molecule has 0 amide bonds. The molecule has 0 atom stereocenters. The van der Waals surface area contributed by atoms with Crippen LogP contribution in [0.4, 0.5) is 0 Å². The summed E-state index contributed by atoms with van der Waals surface area (Å²) in [5, 5.41) is 0. The first kappa shape index (κ1) is 20.0. The molecule has 0 unspecified atom stereocenters. The third kappa shape index (κ3) is 2.51. The Kier molecular flexibility index (Phi) is 3.81. The summed E-state index contributed by atoms with van der Waals surface area (Å²) in [7, 11) is 0. The van der Waals surface area contributed by atoms with E-state index in [1.165, 1.54) is 11.2 Å². The van der Waals surface area contributed by atoms with E-state index in [0.717, 1.165) is 69.0 Å². The van der Waals surface area contributed by atoms with Gasteiger partial charge in [0.05, 0.1) is 55.9 Å². The maximum Gasteiger partial charge on any atom is 0.220 e. The number of allylic oxidation sites excluding steroid dienone is 1. The molecule has 6 heteroatoms. The van der Waals surface area contributed by atoms with Crippen molar-refractivity contribution >= 4 is 50.7 Å². The van der Waals surface area contributed by atoms with Crippen LogP contribution in [0.15, 0.2) is 103 Å². The Labute approximate surface area is 217 Å². The summed E-state index contributed by atoms with van der Waals surface area (Å²) < 4.78 is 9.15. The lowest BCUT2D eigenvalue weighted by molar-refractivity contribution is 0.920. The van der Waals surface area contributed by atoms with Gasteiger partial charge < -0.3 is 0 Å². The van der Waals surface area contributed by atoms with Gasteiger partial charge in [0, 0.05) is 0 Å². The first-order chi connectivity index (χ1) is 18.9. The molecule has 9 rings (SSSR count). The van der Waals surface area contributed by atoms with E-state index in [-0.39, 0.29) is 0 Å². The number of hydrogen-bond acceptors (Lipinski definition) is 2. The van der Waals surface area contributed by atoms with Crippen LogP contribution in [-0.4, -0.2) is 27.9 Å². The van der Waals surface area contributed by atoms with Crippen molar-refractivity contribution in [2.24, 2.45) is 0 Å². The predicted molar refractivity (Wildman–Crippen MR) is 152 cm³/mol. The van der Waals surface area contributed by atoms with E-state index in [1.807, 2.05) is 6.07 Å². The Hall–Kier alpha value is -5.10. The third-order valence-electron chi connectivity index (χ3n) is 7.83. The minimum atomic E-state index is 0.911. The number of para-hydroxylation sites is 6. The molecule has 0 radical (unpaired) electrons. The molecule has 0 saturated carbocycles. The van der Waals surface area contributed by atoms with Crippen LogP contribution >= 0.6 is 0 Å². The molecule has 6 nitrogen and oxygen atoms in total. The fourth-order valence-corrected chi connectivity index (χ4v) is 6.23. The summed E-state index contributed by atoms with van der Waals surface area (Å²) in [5.41, 5.74) is 11.2. The third-order valence-corrected chi connectivity index (χ3v) is 7.83. The van der Waals surface area contributed by atoms with E-state index < -0.39 is 0 Å². The summed E-state index contributed by atoms with van der Waals surface area (Å²) in [6.45, 7) is 0. The molecular formula is C32H22N6. The lowest BCUT2D eigenvalue weighted by Crippen LogP contribution is -1.99. The topological polar surface area (TPSA) is 44.5 Å². The maximum absolute atomic E-state index is 5.10. The zero-order valence-electron chi connectivity index (χ0n) is 20.5. The zero-order valence-corrected chi connectivity index (χ0v) is 20.5. The summed E-state index contributed by atoms with van der Waals surface area (Å²) in [5.74, 6) is 1.86. The van der Waals surface area contributed by atoms with E-state index in [2.05, 4.69) is 121 Å². The van der Waals surface area contributed by atoms with Gasteiger partial charge in [-0.15, -0.1) is 0 Å². The van der Waals surface area contributed by atoms with E-state index in [1.54, 1.807) is 0 Å². The van der Waals surface area contributed by atoms with Crippen LogP contribution in [0.25, 0.3) is 62.1 Å². The van der Waals surface area contributed by atoms with Gasteiger partial charge in [0.25, 0.3) is 0 Å². The van der Waals surface area contributed by atoms with Gasteiger partial charge in [0.1, 0.15) is 0 Å². The number of imidazole rings is 4. The van der Waals surface area contributed by atoms with Crippen molar-refractivity contribution in [3.8, 4) is 11.4 Å². The van der Waals surface area contributed by atoms with Crippen molar-refractivity contribution < 1.29 is 0 Å². The lowest BCUT2D eigenvalue weighted by atomic mass is 10.1. The van der Waals surface area contributed by atoms with Crippen LogP contribution < -0.4 is 0 Å². The van der Waals surface area contributed by atoms with Gasteiger partial charge in [-0.05, 0) is 73.5 Å². The molecule has 1 aliphatic rings. The number of aromatic nitrogens is 6. The fourth-order valence-electron chi connectivity index (χ4n) is 6.23. The first-order valence-corrected chi connectivity index (χ1v) is 13.0. The van der Waals surface area contributed by atoms with Crippen molar-refractivity contribution in [2.75, 3.05) is 0 Å². The second-order valence-corrected chi connectivity index (χ2v) is 9.92. The monoisotopic (exact) mass is 490 g/mol. The first-order valence-electron chi connectivity index (χ1n) is 13.0. The Bertz CT molecular complexity index is 2250. The second-order valence-electron chi connectivity index (χ2n) is 9.92.